The first-order valence-electron chi connectivity index (χ1n) is 5.36. The fourth-order valence-corrected chi connectivity index (χ4v) is 2.27. The maximum absolute atomic E-state index is 9.82. The van der Waals surface area contributed by atoms with Crippen molar-refractivity contribution in [1.82, 2.24) is 0 Å². The molecule has 2 atom stereocenters. The Kier molecular flexibility index (Phi) is 4.09. The summed E-state index contributed by atoms with van der Waals surface area (Å²) in [5.41, 5.74) is 1.09. The van der Waals surface area contributed by atoms with E-state index in [2.05, 4.69) is 0 Å². The van der Waals surface area contributed by atoms with Crippen molar-refractivity contribution in [3.8, 4) is 0 Å². The Morgan fingerprint density at radius 3 is 2.81 bits per heavy atom. The van der Waals surface area contributed by atoms with Crippen LogP contribution in [0.4, 0.5) is 0 Å². The minimum Gasteiger partial charge on any atom is -0.393 e. The highest BCUT2D eigenvalue weighted by Crippen LogP contribution is 2.25. The number of aliphatic hydroxyl groups is 1. The maximum Gasteiger partial charge on any atom is 0.0615 e. The van der Waals surface area contributed by atoms with Crippen molar-refractivity contribution in [2.24, 2.45) is 5.92 Å². The van der Waals surface area contributed by atoms with Crippen LogP contribution in [0.2, 0.25) is 10.0 Å². The van der Waals surface area contributed by atoms with Gasteiger partial charge in [0.25, 0.3) is 0 Å². The normalized spacial score (nSPS) is 25.7. The number of ether oxygens (including phenoxy) is 1. The quantitative estimate of drug-likeness (QED) is 0.886. The summed E-state index contributed by atoms with van der Waals surface area (Å²) in [6.45, 7) is 1.26. The summed E-state index contributed by atoms with van der Waals surface area (Å²) < 4.78 is 5.36. The first kappa shape index (κ1) is 12.2. The van der Waals surface area contributed by atoms with Gasteiger partial charge in [0.1, 0.15) is 0 Å². The molecule has 0 saturated carbocycles. The zero-order chi connectivity index (χ0) is 11.5. The highest BCUT2D eigenvalue weighted by Gasteiger charge is 2.23. The van der Waals surface area contributed by atoms with Crippen LogP contribution >= 0.6 is 23.2 Å². The van der Waals surface area contributed by atoms with Crippen molar-refractivity contribution in [1.29, 1.82) is 0 Å². The SMILES string of the molecule is OC1CCOCC1Cc1ccc(Cl)c(Cl)c1. The molecule has 1 N–H and O–H groups in total. The van der Waals surface area contributed by atoms with E-state index in [0.717, 1.165) is 12.0 Å². The lowest BCUT2D eigenvalue weighted by Gasteiger charge is -2.27. The zero-order valence-electron chi connectivity index (χ0n) is 8.83. The fraction of sp³-hybridized carbons (Fsp3) is 0.500. The lowest BCUT2D eigenvalue weighted by atomic mass is 9.92. The molecule has 1 heterocycles. The molecule has 0 radical (unpaired) electrons. The molecule has 88 valence electrons. The van der Waals surface area contributed by atoms with Crippen LogP contribution < -0.4 is 0 Å². The molecule has 0 aromatic heterocycles. The maximum atomic E-state index is 9.82. The number of halogens is 2. The van der Waals surface area contributed by atoms with Crippen molar-refractivity contribution in [3.63, 3.8) is 0 Å². The average molecular weight is 261 g/mol. The Hall–Kier alpha value is -0.280. The third-order valence-corrected chi connectivity index (χ3v) is 3.65. The van der Waals surface area contributed by atoms with Gasteiger partial charge in [0.05, 0.1) is 22.8 Å². The van der Waals surface area contributed by atoms with Gasteiger partial charge in [-0.3, -0.25) is 0 Å². The van der Waals surface area contributed by atoms with Gasteiger partial charge >= 0.3 is 0 Å². The van der Waals surface area contributed by atoms with Gasteiger partial charge in [-0.15, -0.1) is 0 Å². The molecule has 1 fully saturated rings. The molecule has 1 aromatic rings. The first-order valence-corrected chi connectivity index (χ1v) is 6.12. The monoisotopic (exact) mass is 260 g/mol. The van der Waals surface area contributed by atoms with E-state index in [0.29, 0.717) is 29.7 Å². The van der Waals surface area contributed by atoms with Crippen molar-refractivity contribution in [2.45, 2.75) is 18.9 Å². The van der Waals surface area contributed by atoms with Gasteiger partial charge in [0, 0.05) is 12.5 Å². The topological polar surface area (TPSA) is 29.5 Å². The lowest BCUT2D eigenvalue weighted by molar-refractivity contribution is -0.0350. The summed E-state index contributed by atoms with van der Waals surface area (Å²) in [4.78, 5) is 0. The third-order valence-electron chi connectivity index (χ3n) is 2.92. The highest BCUT2D eigenvalue weighted by molar-refractivity contribution is 6.42. The fourth-order valence-electron chi connectivity index (χ4n) is 1.95. The lowest BCUT2D eigenvalue weighted by Crippen LogP contribution is -2.33. The minimum atomic E-state index is -0.275. The molecule has 2 unspecified atom stereocenters. The summed E-state index contributed by atoms with van der Waals surface area (Å²) in [7, 11) is 0. The van der Waals surface area contributed by atoms with Crippen LogP contribution in [0.5, 0.6) is 0 Å². The molecular weight excluding hydrogens is 247 g/mol. The van der Waals surface area contributed by atoms with Crippen LogP contribution in [-0.4, -0.2) is 24.4 Å². The van der Waals surface area contributed by atoms with E-state index in [4.69, 9.17) is 27.9 Å². The van der Waals surface area contributed by atoms with E-state index in [9.17, 15) is 5.11 Å². The largest absolute Gasteiger partial charge is 0.393 e. The number of rotatable bonds is 2. The van der Waals surface area contributed by atoms with E-state index in [1.54, 1.807) is 6.07 Å². The zero-order valence-corrected chi connectivity index (χ0v) is 10.3. The minimum absolute atomic E-state index is 0.158. The predicted octanol–water partition coefficient (Wildman–Crippen LogP) is 2.93. The predicted molar refractivity (Wildman–Crippen MR) is 65.1 cm³/mol. The highest BCUT2D eigenvalue weighted by atomic mass is 35.5. The van der Waals surface area contributed by atoms with E-state index in [1.165, 1.54) is 0 Å². The van der Waals surface area contributed by atoms with Crippen molar-refractivity contribution in [2.75, 3.05) is 13.2 Å². The van der Waals surface area contributed by atoms with Gasteiger partial charge in [-0.2, -0.15) is 0 Å². The van der Waals surface area contributed by atoms with E-state index >= 15 is 0 Å². The van der Waals surface area contributed by atoms with E-state index in [1.807, 2.05) is 12.1 Å². The van der Waals surface area contributed by atoms with Crippen molar-refractivity contribution < 1.29 is 9.84 Å². The van der Waals surface area contributed by atoms with Gasteiger partial charge in [0.15, 0.2) is 0 Å². The second-order valence-corrected chi connectivity index (χ2v) is 4.96. The molecule has 1 aromatic carbocycles. The second kappa shape index (κ2) is 5.37. The molecule has 0 bridgehead atoms. The average Bonchev–Trinajstić information content (AvgIpc) is 2.27. The van der Waals surface area contributed by atoms with Gasteiger partial charge < -0.3 is 9.84 Å². The number of hydrogen-bond donors (Lipinski definition) is 1. The Bertz CT molecular complexity index is 368. The molecule has 2 rings (SSSR count). The third kappa shape index (κ3) is 2.89. The van der Waals surface area contributed by atoms with Crippen molar-refractivity contribution >= 4 is 23.2 Å². The molecule has 1 saturated heterocycles. The summed E-state index contributed by atoms with van der Waals surface area (Å²) in [6, 6.07) is 5.58. The summed E-state index contributed by atoms with van der Waals surface area (Å²) in [6.07, 6.45) is 1.22. The van der Waals surface area contributed by atoms with Crippen LogP contribution in [0.1, 0.15) is 12.0 Å². The molecule has 2 nitrogen and oxygen atoms in total. The Balaban J connectivity index is 2.05. The first-order chi connectivity index (χ1) is 7.66. The Morgan fingerprint density at radius 2 is 2.12 bits per heavy atom. The van der Waals surface area contributed by atoms with Crippen LogP contribution in [0.25, 0.3) is 0 Å². The van der Waals surface area contributed by atoms with Gasteiger partial charge in [-0.1, -0.05) is 29.3 Å². The Morgan fingerprint density at radius 1 is 1.31 bits per heavy atom. The summed E-state index contributed by atoms with van der Waals surface area (Å²) in [5.74, 6) is 0.158. The van der Waals surface area contributed by atoms with Crippen LogP contribution in [-0.2, 0) is 11.2 Å². The number of benzene rings is 1. The van der Waals surface area contributed by atoms with E-state index in [-0.39, 0.29) is 12.0 Å². The summed E-state index contributed by atoms with van der Waals surface area (Å²) in [5, 5.41) is 10.9. The van der Waals surface area contributed by atoms with Gasteiger partial charge in [-0.25, -0.2) is 0 Å². The standard InChI is InChI=1S/C12H14Cl2O2/c13-10-2-1-8(6-11(10)14)5-9-7-16-4-3-12(9)15/h1-2,6,9,12,15H,3-5,7H2. The van der Waals surface area contributed by atoms with E-state index < -0.39 is 0 Å². The molecule has 1 aliphatic rings. The molecular formula is C12H14Cl2O2. The Labute approximate surface area is 105 Å². The number of aliphatic hydroxyl groups excluding tert-OH is 1. The second-order valence-electron chi connectivity index (χ2n) is 4.14. The van der Waals surface area contributed by atoms with Crippen molar-refractivity contribution in [3.05, 3.63) is 33.8 Å². The summed E-state index contributed by atoms with van der Waals surface area (Å²) >= 11 is 11.8. The van der Waals surface area contributed by atoms with Crippen LogP contribution in [0.3, 0.4) is 0 Å². The van der Waals surface area contributed by atoms with Gasteiger partial charge in [-0.05, 0) is 30.5 Å². The van der Waals surface area contributed by atoms with Gasteiger partial charge in [0.2, 0.25) is 0 Å². The molecule has 16 heavy (non-hydrogen) atoms. The number of hydrogen-bond acceptors (Lipinski definition) is 2. The smallest absolute Gasteiger partial charge is 0.0615 e. The molecule has 0 aliphatic carbocycles. The van der Waals surface area contributed by atoms with Crippen LogP contribution in [0, 0.1) is 5.92 Å². The molecule has 0 amide bonds. The van der Waals surface area contributed by atoms with Crippen LogP contribution in [0.15, 0.2) is 18.2 Å². The molecule has 4 heteroatoms. The molecule has 0 spiro atoms. The molecule has 1 aliphatic heterocycles.